The number of carbonyl (C=O) groups is 1. The van der Waals surface area contributed by atoms with Crippen molar-refractivity contribution < 1.29 is 23.4 Å². The molecule has 0 radical (unpaired) electrons. The number of aliphatic hydroxyl groups excluding tert-OH is 1. The lowest BCUT2D eigenvalue weighted by Crippen LogP contribution is -2.39. The van der Waals surface area contributed by atoms with Crippen molar-refractivity contribution in [1.82, 2.24) is 15.3 Å². The molecule has 0 fully saturated rings. The fourth-order valence-corrected chi connectivity index (χ4v) is 4.68. The third-order valence-corrected chi connectivity index (χ3v) is 6.79. The molecular formula is C28H27F2IN4O3. The van der Waals surface area contributed by atoms with E-state index >= 15 is 0 Å². The number of hydrogen-bond donors (Lipinski definition) is 4. The Bertz CT molecular complexity index is 1360. The summed E-state index contributed by atoms with van der Waals surface area (Å²) in [5.41, 5.74) is 7.72. The lowest BCUT2D eigenvalue weighted by atomic mass is 9.92. The lowest BCUT2D eigenvalue weighted by molar-refractivity contribution is -0.123. The maximum absolute atomic E-state index is 14.6. The van der Waals surface area contributed by atoms with Gasteiger partial charge in [-0.25, -0.2) is 13.8 Å². The number of nitrogens with two attached hydrogens (primary N) is 1. The summed E-state index contributed by atoms with van der Waals surface area (Å²) in [6, 6.07) is 17.0. The van der Waals surface area contributed by atoms with Gasteiger partial charge in [0.05, 0.1) is 30.1 Å². The average molecular weight is 632 g/mol. The number of nitrogens with one attached hydrogen (secondary N) is 2. The van der Waals surface area contributed by atoms with E-state index in [1.165, 1.54) is 18.3 Å². The number of aromatic nitrogens is 2. The first-order valence-corrected chi connectivity index (χ1v) is 13.0. The van der Waals surface area contributed by atoms with Crippen molar-refractivity contribution in [3.05, 3.63) is 105 Å². The van der Waals surface area contributed by atoms with Crippen LogP contribution in [0.5, 0.6) is 5.75 Å². The van der Waals surface area contributed by atoms with Crippen LogP contribution in [0.15, 0.2) is 72.9 Å². The summed E-state index contributed by atoms with van der Waals surface area (Å²) in [7, 11) is 0. The highest BCUT2D eigenvalue weighted by Gasteiger charge is 2.29. The van der Waals surface area contributed by atoms with Crippen LogP contribution in [0.25, 0.3) is 11.3 Å². The SMILES string of the molecule is C[C@@H](c1ccccc1)[C@H](NC(=O)C(N)c1ccc(OCCO)cc1)c1ncc(-c2c(F)cc(I)cc2F)[nH]1. The minimum Gasteiger partial charge on any atom is -0.491 e. The molecule has 7 nitrogen and oxygen atoms in total. The van der Waals surface area contributed by atoms with E-state index in [4.69, 9.17) is 15.6 Å². The van der Waals surface area contributed by atoms with Crippen molar-refractivity contribution in [2.45, 2.75) is 24.9 Å². The predicted octanol–water partition coefficient (Wildman–Crippen LogP) is 4.99. The number of imidazole rings is 1. The number of amides is 1. The third kappa shape index (κ3) is 6.37. The quantitative estimate of drug-likeness (QED) is 0.184. The van der Waals surface area contributed by atoms with Gasteiger partial charge in [0.1, 0.15) is 35.9 Å². The van der Waals surface area contributed by atoms with Crippen LogP contribution in [0.4, 0.5) is 8.78 Å². The summed E-state index contributed by atoms with van der Waals surface area (Å²) in [6.07, 6.45) is 1.35. The van der Waals surface area contributed by atoms with E-state index in [2.05, 4.69) is 15.3 Å². The molecule has 3 aromatic carbocycles. The van der Waals surface area contributed by atoms with E-state index in [0.717, 1.165) is 5.56 Å². The van der Waals surface area contributed by atoms with Gasteiger partial charge in [-0.05, 0) is 58.0 Å². The zero-order valence-corrected chi connectivity index (χ0v) is 22.7. The number of H-pyrrole nitrogens is 1. The summed E-state index contributed by atoms with van der Waals surface area (Å²) in [5, 5.41) is 11.9. The summed E-state index contributed by atoms with van der Waals surface area (Å²) < 4.78 is 35.1. The van der Waals surface area contributed by atoms with Gasteiger partial charge in [-0.2, -0.15) is 0 Å². The Morgan fingerprint density at radius 1 is 1.11 bits per heavy atom. The van der Waals surface area contributed by atoms with Crippen molar-refractivity contribution in [2.24, 2.45) is 5.73 Å². The molecule has 5 N–H and O–H groups in total. The number of carbonyl (C=O) groups excluding carboxylic acids is 1. The number of ether oxygens (including phenoxy) is 1. The molecule has 3 atom stereocenters. The van der Waals surface area contributed by atoms with Crippen LogP contribution in [-0.4, -0.2) is 34.2 Å². The molecule has 198 valence electrons. The van der Waals surface area contributed by atoms with Gasteiger partial charge in [0.15, 0.2) is 0 Å². The van der Waals surface area contributed by atoms with Gasteiger partial charge in [0.2, 0.25) is 5.91 Å². The van der Waals surface area contributed by atoms with Gasteiger partial charge in [-0.1, -0.05) is 49.4 Å². The minimum absolute atomic E-state index is 0.109. The first-order valence-electron chi connectivity index (χ1n) is 11.9. The number of halogens is 3. The number of benzene rings is 3. The summed E-state index contributed by atoms with van der Waals surface area (Å²) in [4.78, 5) is 20.7. The van der Waals surface area contributed by atoms with Crippen LogP contribution in [0.2, 0.25) is 0 Å². The third-order valence-electron chi connectivity index (χ3n) is 6.17. The Balaban J connectivity index is 1.62. The molecule has 1 aromatic heterocycles. The van der Waals surface area contributed by atoms with Gasteiger partial charge in [-0.15, -0.1) is 0 Å². The van der Waals surface area contributed by atoms with Gasteiger partial charge < -0.3 is 25.9 Å². The number of rotatable bonds is 10. The molecule has 1 heterocycles. The molecule has 38 heavy (non-hydrogen) atoms. The molecule has 4 rings (SSSR count). The maximum atomic E-state index is 14.6. The van der Waals surface area contributed by atoms with Crippen LogP contribution in [0, 0.1) is 15.2 Å². The zero-order valence-electron chi connectivity index (χ0n) is 20.5. The molecule has 10 heteroatoms. The number of aromatic amines is 1. The molecular weight excluding hydrogens is 605 g/mol. The van der Waals surface area contributed by atoms with Crippen LogP contribution in [0.3, 0.4) is 0 Å². The molecule has 0 aliphatic heterocycles. The smallest absolute Gasteiger partial charge is 0.242 e. The van der Waals surface area contributed by atoms with Gasteiger partial charge in [0, 0.05) is 9.49 Å². The maximum Gasteiger partial charge on any atom is 0.242 e. The summed E-state index contributed by atoms with van der Waals surface area (Å²) in [5.74, 6) is -1.26. The Morgan fingerprint density at radius 2 is 1.76 bits per heavy atom. The second-order valence-electron chi connectivity index (χ2n) is 8.73. The average Bonchev–Trinajstić information content (AvgIpc) is 3.39. The summed E-state index contributed by atoms with van der Waals surface area (Å²) >= 11 is 1.85. The fraction of sp³-hybridized carbons (Fsp3) is 0.214. The molecule has 0 saturated carbocycles. The Kier molecular flexibility index (Phi) is 9.08. The number of nitrogens with zero attached hydrogens (tertiary/aromatic N) is 1. The van der Waals surface area contributed by atoms with Gasteiger partial charge in [0.25, 0.3) is 0 Å². The first kappa shape index (κ1) is 27.7. The topological polar surface area (TPSA) is 113 Å². The molecule has 1 amide bonds. The van der Waals surface area contributed by atoms with Crippen molar-refractivity contribution in [3.63, 3.8) is 0 Å². The highest BCUT2D eigenvalue weighted by atomic mass is 127. The van der Waals surface area contributed by atoms with Crippen molar-refractivity contribution >= 4 is 28.5 Å². The van der Waals surface area contributed by atoms with E-state index < -0.39 is 29.6 Å². The van der Waals surface area contributed by atoms with E-state index in [1.807, 2.05) is 59.8 Å². The Hall–Kier alpha value is -3.35. The van der Waals surface area contributed by atoms with Crippen molar-refractivity contribution in [1.29, 1.82) is 0 Å². The zero-order chi connectivity index (χ0) is 27.2. The minimum atomic E-state index is -0.993. The van der Waals surface area contributed by atoms with E-state index in [9.17, 15) is 13.6 Å². The Morgan fingerprint density at radius 3 is 2.39 bits per heavy atom. The molecule has 0 aliphatic rings. The number of aliphatic hydroxyl groups is 1. The number of hydrogen-bond acceptors (Lipinski definition) is 5. The van der Waals surface area contributed by atoms with Gasteiger partial charge >= 0.3 is 0 Å². The monoisotopic (exact) mass is 632 g/mol. The second-order valence-corrected chi connectivity index (χ2v) is 9.98. The largest absolute Gasteiger partial charge is 0.491 e. The van der Waals surface area contributed by atoms with E-state index in [-0.39, 0.29) is 30.4 Å². The van der Waals surface area contributed by atoms with Crippen LogP contribution in [0.1, 0.15) is 41.9 Å². The predicted molar refractivity (Wildman–Crippen MR) is 148 cm³/mol. The van der Waals surface area contributed by atoms with Crippen molar-refractivity contribution in [3.8, 4) is 17.0 Å². The van der Waals surface area contributed by atoms with Crippen LogP contribution < -0.4 is 15.8 Å². The van der Waals surface area contributed by atoms with Gasteiger partial charge in [-0.3, -0.25) is 4.79 Å². The molecule has 1 unspecified atom stereocenters. The van der Waals surface area contributed by atoms with Crippen LogP contribution in [-0.2, 0) is 4.79 Å². The van der Waals surface area contributed by atoms with Crippen LogP contribution >= 0.6 is 22.6 Å². The Labute approximate surface area is 232 Å². The summed E-state index contributed by atoms with van der Waals surface area (Å²) in [6.45, 7) is 1.97. The normalized spacial score (nSPS) is 13.5. The standard InChI is InChI=1S/C28H27F2IN4O3/c1-16(17-5-3-2-4-6-17)26(27-33-15-23(34-27)24-21(29)13-19(31)14-22(24)30)35-28(37)25(32)18-7-9-20(10-8-18)38-12-11-36/h2-10,13-16,25-26,36H,11-12,32H2,1H3,(H,33,34)(H,35,37)/t16-,25?,26-/m0/s1. The molecule has 0 saturated heterocycles. The molecule has 4 aromatic rings. The van der Waals surface area contributed by atoms with Crippen molar-refractivity contribution in [2.75, 3.05) is 13.2 Å². The lowest BCUT2D eigenvalue weighted by Gasteiger charge is -2.25. The molecule has 0 bridgehead atoms. The first-order chi connectivity index (χ1) is 18.3. The second kappa shape index (κ2) is 12.5. The van der Waals surface area contributed by atoms with E-state index in [1.54, 1.807) is 24.3 Å². The molecule has 0 aliphatic carbocycles. The highest BCUT2D eigenvalue weighted by Crippen LogP contribution is 2.33. The fourth-order valence-electron chi connectivity index (χ4n) is 4.13. The van der Waals surface area contributed by atoms with E-state index in [0.29, 0.717) is 20.7 Å². The highest BCUT2D eigenvalue weighted by molar-refractivity contribution is 14.1. The molecule has 0 spiro atoms.